The summed E-state index contributed by atoms with van der Waals surface area (Å²) in [5, 5.41) is 2.23. The van der Waals surface area contributed by atoms with Crippen molar-refractivity contribution in [2.75, 3.05) is 9.80 Å². The first-order valence-corrected chi connectivity index (χ1v) is 20.0. The van der Waals surface area contributed by atoms with Crippen LogP contribution in [-0.4, -0.2) is 0 Å². The van der Waals surface area contributed by atoms with E-state index in [1.807, 2.05) is 0 Å². The predicted octanol–water partition coefficient (Wildman–Crippen LogP) is 15.5. The molecule has 11 rings (SSSR count). The van der Waals surface area contributed by atoms with Crippen molar-refractivity contribution >= 4 is 44.9 Å². The molecular formula is C55H40N2O. The van der Waals surface area contributed by atoms with Crippen molar-refractivity contribution in [2.24, 2.45) is 0 Å². The van der Waals surface area contributed by atoms with Gasteiger partial charge in [0.2, 0.25) is 0 Å². The van der Waals surface area contributed by atoms with Gasteiger partial charge in [0.05, 0.1) is 11.4 Å². The van der Waals surface area contributed by atoms with Crippen molar-refractivity contribution in [3.63, 3.8) is 0 Å². The number of ether oxygens (including phenoxy) is 1. The molecule has 1 aliphatic carbocycles. The van der Waals surface area contributed by atoms with Crippen LogP contribution in [0.3, 0.4) is 0 Å². The Morgan fingerprint density at radius 3 is 1.71 bits per heavy atom. The van der Waals surface area contributed by atoms with Crippen LogP contribution in [0.15, 0.2) is 206 Å². The molecule has 2 aliphatic rings. The van der Waals surface area contributed by atoms with Gasteiger partial charge in [-0.05, 0) is 111 Å². The predicted molar refractivity (Wildman–Crippen MR) is 242 cm³/mol. The van der Waals surface area contributed by atoms with Crippen molar-refractivity contribution in [2.45, 2.75) is 19.3 Å². The van der Waals surface area contributed by atoms with Gasteiger partial charge in [0.1, 0.15) is 5.75 Å². The minimum atomic E-state index is -0.0889. The second kappa shape index (κ2) is 13.4. The smallest absolute Gasteiger partial charge is 0.159 e. The number of anilines is 6. The first kappa shape index (κ1) is 33.9. The molecule has 0 saturated carbocycles. The Bertz CT molecular complexity index is 2950. The first-order valence-electron chi connectivity index (χ1n) is 20.0. The van der Waals surface area contributed by atoms with Gasteiger partial charge < -0.3 is 14.5 Å². The standard InChI is InChI=1S/C55H40N2O/c1-55(2)47-25-13-12-23-44(47)46-36-43(33-34-48(46)55)57(42-31-28-38(29-32-42)37-16-6-3-7-17-37)50-35-30-39-18-14-24-45-52(39)54(50)58-51-27-15-26-49(53(45)51)56(40-19-8-4-9-20-40)41-21-10-5-11-22-41/h3-36H,1-2H3. The van der Waals surface area contributed by atoms with Crippen LogP contribution in [0.5, 0.6) is 11.5 Å². The lowest BCUT2D eigenvalue weighted by Crippen LogP contribution is -2.16. The lowest BCUT2D eigenvalue weighted by atomic mass is 9.82. The fourth-order valence-electron chi connectivity index (χ4n) is 9.28. The molecule has 3 heteroatoms. The number of fused-ring (bicyclic) bond motifs is 5. The average Bonchev–Trinajstić information content (AvgIpc) is 3.51. The minimum absolute atomic E-state index is 0.0889. The fraction of sp³-hybridized carbons (Fsp3) is 0.0545. The van der Waals surface area contributed by atoms with Gasteiger partial charge in [0.15, 0.2) is 5.75 Å². The van der Waals surface area contributed by atoms with Gasteiger partial charge in [-0.25, -0.2) is 0 Å². The maximum absolute atomic E-state index is 7.27. The molecule has 0 amide bonds. The van der Waals surface area contributed by atoms with Crippen molar-refractivity contribution in [3.8, 4) is 44.9 Å². The number of nitrogens with zero attached hydrogens (tertiary/aromatic N) is 2. The van der Waals surface area contributed by atoms with Crippen LogP contribution in [0, 0.1) is 0 Å². The SMILES string of the molecule is CC1(C)c2ccccc2-c2cc(N(c3ccc(-c4ccccc4)cc3)c3ccc4cccc5c4c3Oc3cccc(N(c4ccccc4)c4ccccc4)c3-5)ccc21. The van der Waals surface area contributed by atoms with Gasteiger partial charge in [-0.1, -0.05) is 153 Å². The summed E-state index contributed by atoms with van der Waals surface area (Å²) in [7, 11) is 0. The largest absolute Gasteiger partial charge is 0.454 e. The van der Waals surface area contributed by atoms with E-state index >= 15 is 0 Å². The van der Waals surface area contributed by atoms with E-state index in [1.54, 1.807) is 0 Å². The zero-order valence-corrected chi connectivity index (χ0v) is 32.4. The Balaban J connectivity index is 1.13. The van der Waals surface area contributed by atoms with E-state index in [0.29, 0.717) is 0 Å². The Hall–Kier alpha value is -7.36. The average molecular weight is 745 g/mol. The van der Waals surface area contributed by atoms with E-state index in [0.717, 1.165) is 67.5 Å². The summed E-state index contributed by atoms with van der Waals surface area (Å²) in [4.78, 5) is 4.71. The maximum atomic E-state index is 7.27. The highest BCUT2D eigenvalue weighted by Crippen LogP contribution is 2.57. The van der Waals surface area contributed by atoms with Crippen LogP contribution >= 0.6 is 0 Å². The third kappa shape index (κ3) is 5.35. The summed E-state index contributed by atoms with van der Waals surface area (Å²) in [6.07, 6.45) is 0. The van der Waals surface area contributed by atoms with E-state index in [1.165, 1.54) is 33.4 Å². The fourth-order valence-corrected chi connectivity index (χ4v) is 9.28. The lowest BCUT2D eigenvalue weighted by Gasteiger charge is -2.33. The number of hydrogen-bond acceptors (Lipinski definition) is 3. The Kier molecular flexibility index (Phi) is 7.84. The van der Waals surface area contributed by atoms with Gasteiger partial charge in [-0.2, -0.15) is 0 Å². The molecule has 9 aromatic carbocycles. The maximum Gasteiger partial charge on any atom is 0.159 e. The van der Waals surface area contributed by atoms with Crippen LogP contribution in [0.4, 0.5) is 34.1 Å². The number of rotatable bonds is 7. The summed E-state index contributed by atoms with van der Waals surface area (Å²) >= 11 is 0. The van der Waals surface area contributed by atoms with E-state index < -0.39 is 0 Å². The highest BCUT2D eigenvalue weighted by atomic mass is 16.5. The molecule has 1 aliphatic heterocycles. The molecule has 0 bridgehead atoms. The Morgan fingerprint density at radius 2 is 0.966 bits per heavy atom. The van der Waals surface area contributed by atoms with Gasteiger partial charge in [-0.3, -0.25) is 0 Å². The topological polar surface area (TPSA) is 15.7 Å². The number of benzene rings is 9. The summed E-state index contributed by atoms with van der Waals surface area (Å²) in [6, 6.07) is 74.1. The van der Waals surface area contributed by atoms with Crippen molar-refractivity contribution in [1.29, 1.82) is 0 Å². The molecule has 0 radical (unpaired) electrons. The van der Waals surface area contributed by atoms with Crippen molar-refractivity contribution < 1.29 is 4.74 Å². The Morgan fingerprint density at radius 1 is 0.397 bits per heavy atom. The van der Waals surface area contributed by atoms with Crippen molar-refractivity contribution in [1.82, 2.24) is 0 Å². The molecule has 276 valence electrons. The van der Waals surface area contributed by atoms with Gasteiger partial charge in [-0.15, -0.1) is 0 Å². The third-order valence-electron chi connectivity index (χ3n) is 12.0. The highest BCUT2D eigenvalue weighted by molar-refractivity contribution is 6.11. The molecule has 0 spiro atoms. The second-order valence-corrected chi connectivity index (χ2v) is 15.7. The molecule has 0 unspecified atom stereocenters. The van der Waals surface area contributed by atoms with Crippen LogP contribution < -0.4 is 14.5 Å². The van der Waals surface area contributed by atoms with Crippen LogP contribution in [0.1, 0.15) is 25.0 Å². The molecular weight excluding hydrogens is 705 g/mol. The van der Waals surface area contributed by atoms with Crippen molar-refractivity contribution in [3.05, 3.63) is 217 Å². The quantitative estimate of drug-likeness (QED) is 0.162. The highest BCUT2D eigenvalue weighted by Gasteiger charge is 2.36. The first-order chi connectivity index (χ1) is 28.5. The van der Waals surface area contributed by atoms with Crippen LogP contribution in [-0.2, 0) is 5.41 Å². The number of hydrogen-bond donors (Lipinski definition) is 0. The lowest BCUT2D eigenvalue weighted by molar-refractivity contribution is 0.488. The van der Waals surface area contributed by atoms with Crippen LogP contribution in [0.2, 0.25) is 0 Å². The molecule has 9 aromatic rings. The summed E-state index contributed by atoms with van der Waals surface area (Å²) < 4.78 is 7.27. The van der Waals surface area contributed by atoms with E-state index in [9.17, 15) is 0 Å². The Labute approximate surface area is 339 Å². The van der Waals surface area contributed by atoms with Gasteiger partial charge in [0.25, 0.3) is 0 Å². The summed E-state index contributed by atoms with van der Waals surface area (Å²) in [5.41, 5.74) is 16.1. The zero-order chi connectivity index (χ0) is 38.8. The molecule has 0 aromatic heterocycles. The molecule has 0 saturated heterocycles. The molecule has 0 N–H and O–H groups in total. The van der Waals surface area contributed by atoms with Crippen LogP contribution in [0.25, 0.3) is 44.2 Å². The zero-order valence-electron chi connectivity index (χ0n) is 32.4. The number of para-hydroxylation sites is 2. The second-order valence-electron chi connectivity index (χ2n) is 15.7. The van der Waals surface area contributed by atoms with Gasteiger partial charge in [0, 0.05) is 39.1 Å². The minimum Gasteiger partial charge on any atom is -0.454 e. The normalized spacial score (nSPS) is 12.9. The molecule has 0 fully saturated rings. The monoisotopic (exact) mass is 744 g/mol. The molecule has 58 heavy (non-hydrogen) atoms. The molecule has 0 atom stereocenters. The van der Waals surface area contributed by atoms with E-state index in [2.05, 4.69) is 230 Å². The van der Waals surface area contributed by atoms with E-state index in [-0.39, 0.29) is 5.41 Å². The third-order valence-corrected chi connectivity index (χ3v) is 12.0. The summed E-state index contributed by atoms with van der Waals surface area (Å²) in [6.45, 7) is 4.67. The van der Waals surface area contributed by atoms with Gasteiger partial charge >= 0.3 is 0 Å². The van der Waals surface area contributed by atoms with E-state index in [4.69, 9.17) is 4.74 Å². The molecule has 3 nitrogen and oxygen atoms in total. The summed E-state index contributed by atoms with van der Waals surface area (Å²) in [5.74, 6) is 1.67. The molecule has 1 heterocycles.